The molecule has 0 aliphatic rings. The van der Waals surface area contributed by atoms with Gasteiger partial charge >= 0.3 is 5.97 Å². The molecule has 31 heavy (non-hydrogen) atoms. The standard InChI is InChI=1S/C26H29NO4/c1-15(2)19-7-6-8-20(12-19)26-23(28)10-9-21(27-26)13-22-16(3)11-24(18(5)17(22)4)31-14-25(29)30/h6-12,15,28H,13-14H2,1-5H3,(H,29,30). The van der Waals surface area contributed by atoms with Crippen LogP contribution in [-0.2, 0) is 11.2 Å². The number of hydrogen-bond acceptors (Lipinski definition) is 4. The Balaban J connectivity index is 1.95. The van der Waals surface area contributed by atoms with Crippen LogP contribution in [0.1, 0.15) is 53.3 Å². The summed E-state index contributed by atoms with van der Waals surface area (Å²) in [5, 5.41) is 19.3. The van der Waals surface area contributed by atoms with Gasteiger partial charge in [-0.05, 0) is 78.8 Å². The second-order valence-corrected chi connectivity index (χ2v) is 8.23. The van der Waals surface area contributed by atoms with Gasteiger partial charge in [0.15, 0.2) is 6.61 Å². The van der Waals surface area contributed by atoms with Crippen molar-refractivity contribution in [3.8, 4) is 22.8 Å². The largest absolute Gasteiger partial charge is 0.506 e. The van der Waals surface area contributed by atoms with Crippen molar-refractivity contribution in [2.24, 2.45) is 0 Å². The molecule has 162 valence electrons. The molecule has 0 fully saturated rings. The Morgan fingerprint density at radius 2 is 1.81 bits per heavy atom. The number of aromatic nitrogens is 1. The third kappa shape index (κ3) is 5.05. The second-order valence-electron chi connectivity index (χ2n) is 8.23. The van der Waals surface area contributed by atoms with Gasteiger partial charge in [0, 0.05) is 17.7 Å². The Bertz CT molecular complexity index is 1120. The number of ether oxygens (including phenoxy) is 1. The average molecular weight is 420 g/mol. The zero-order valence-corrected chi connectivity index (χ0v) is 18.7. The van der Waals surface area contributed by atoms with Crippen LogP contribution in [0.3, 0.4) is 0 Å². The first-order chi connectivity index (χ1) is 14.7. The lowest BCUT2D eigenvalue weighted by molar-refractivity contribution is -0.139. The molecule has 2 N–H and O–H groups in total. The van der Waals surface area contributed by atoms with Gasteiger partial charge in [-0.25, -0.2) is 9.78 Å². The fourth-order valence-corrected chi connectivity index (χ4v) is 3.69. The van der Waals surface area contributed by atoms with E-state index in [1.807, 2.05) is 45.0 Å². The molecule has 0 spiro atoms. The molecule has 0 unspecified atom stereocenters. The molecule has 0 bridgehead atoms. The quantitative estimate of drug-likeness (QED) is 0.524. The number of carboxylic acid groups (broad SMARTS) is 1. The molecule has 1 heterocycles. The van der Waals surface area contributed by atoms with E-state index < -0.39 is 5.97 Å². The first kappa shape index (κ1) is 22.3. The average Bonchev–Trinajstić information content (AvgIpc) is 2.73. The molecule has 0 aliphatic heterocycles. The van der Waals surface area contributed by atoms with Crippen LogP contribution in [0.2, 0.25) is 0 Å². The van der Waals surface area contributed by atoms with Crippen LogP contribution in [0.4, 0.5) is 0 Å². The van der Waals surface area contributed by atoms with Gasteiger partial charge in [-0.1, -0.05) is 32.0 Å². The molecular weight excluding hydrogens is 390 g/mol. The lowest BCUT2D eigenvalue weighted by Crippen LogP contribution is -2.11. The van der Waals surface area contributed by atoms with E-state index >= 15 is 0 Å². The van der Waals surface area contributed by atoms with E-state index in [-0.39, 0.29) is 12.4 Å². The maximum atomic E-state index is 10.8. The highest BCUT2D eigenvalue weighted by Gasteiger charge is 2.15. The van der Waals surface area contributed by atoms with Gasteiger partial charge < -0.3 is 14.9 Å². The minimum absolute atomic E-state index is 0.159. The van der Waals surface area contributed by atoms with Gasteiger partial charge in [0.25, 0.3) is 0 Å². The number of rotatable bonds is 7. The van der Waals surface area contributed by atoms with Gasteiger partial charge in [0.05, 0.1) is 0 Å². The van der Waals surface area contributed by atoms with Gasteiger partial charge in [-0.3, -0.25) is 0 Å². The fraction of sp³-hybridized carbons (Fsp3) is 0.308. The van der Waals surface area contributed by atoms with Crippen molar-refractivity contribution in [2.75, 3.05) is 6.61 Å². The molecule has 3 aromatic rings. The summed E-state index contributed by atoms with van der Waals surface area (Å²) in [6, 6.07) is 13.5. The van der Waals surface area contributed by atoms with E-state index in [4.69, 9.17) is 14.8 Å². The molecule has 0 saturated carbocycles. The molecule has 2 aromatic carbocycles. The Hall–Kier alpha value is -3.34. The van der Waals surface area contributed by atoms with Crippen LogP contribution in [0.15, 0.2) is 42.5 Å². The molecule has 5 heteroatoms. The zero-order valence-electron chi connectivity index (χ0n) is 18.7. The smallest absolute Gasteiger partial charge is 0.341 e. The molecule has 3 rings (SSSR count). The Morgan fingerprint density at radius 1 is 1.06 bits per heavy atom. The highest BCUT2D eigenvalue weighted by atomic mass is 16.5. The first-order valence-corrected chi connectivity index (χ1v) is 10.4. The summed E-state index contributed by atoms with van der Waals surface area (Å²) in [4.78, 5) is 15.6. The molecule has 0 radical (unpaired) electrons. The lowest BCUT2D eigenvalue weighted by Gasteiger charge is -2.17. The fourth-order valence-electron chi connectivity index (χ4n) is 3.69. The first-order valence-electron chi connectivity index (χ1n) is 10.4. The van der Waals surface area contributed by atoms with Crippen molar-refractivity contribution >= 4 is 5.97 Å². The molecule has 1 aromatic heterocycles. The van der Waals surface area contributed by atoms with E-state index in [2.05, 4.69) is 26.0 Å². The number of aliphatic carboxylic acids is 1. The minimum Gasteiger partial charge on any atom is -0.506 e. The minimum atomic E-state index is -0.999. The maximum absolute atomic E-state index is 10.8. The second kappa shape index (κ2) is 9.21. The normalized spacial score (nSPS) is 11.0. The van der Waals surface area contributed by atoms with Crippen molar-refractivity contribution < 1.29 is 19.7 Å². The number of carbonyl (C=O) groups is 1. The van der Waals surface area contributed by atoms with Crippen LogP contribution in [-0.4, -0.2) is 27.8 Å². The summed E-state index contributed by atoms with van der Waals surface area (Å²) in [7, 11) is 0. The highest BCUT2D eigenvalue weighted by molar-refractivity contribution is 5.69. The third-order valence-corrected chi connectivity index (χ3v) is 5.68. The summed E-state index contributed by atoms with van der Waals surface area (Å²) in [6.07, 6.45) is 0.606. The molecule has 0 saturated heterocycles. The van der Waals surface area contributed by atoms with Crippen LogP contribution in [0.25, 0.3) is 11.3 Å². The van der Waals surface area contributed by atoms with Crippen LogP contribution >= 0.6 is 0 Å². The van der Waals surface area contributed by atoms with Crippen LogP contribution < -0.4 is 4.74 Å². The summed E-state index contributed by atoms with van der Waals surface area (Å²) < 4.78 is 5.44. The summed E-state index contributed by atoms with van der Waals surface area (Å²) in [5.41, 5.74) is 7.64. The Morgan fingerprint density at radius 3 is 2.48 bits per heavy atom. The predicted molar refractivity (Wildman–Crippen MR) is 122 cm³/mol. The third-order valence-electron chi connectivity index (χ3n) is 5.68. The van der Waals surface area contributed by atoms with Gasteiger partial charge in [0.1, 0.15) is 17.2 Å². The topological polar surface area (TPSA) is 79.7 Å². The number of nitrogens with zero attached hydrogens (tertiary/aromatic N) is 1. The molecule has 5 nitrogen and oxygen atoms in total. The lowest BCUT2D eigenvalue weighted by atomic mass is 9.93. The SMILES string of the molecule is Cc1cc(OCC(=O)O)c(C)c(C)c1Cc1ccc(O)c(-c2cccc(C(C)C)c2)n1. The van der Waals surface area contributed by atoms with Gasteiger partial charge in [-0.2, -0.15) is 0 Å². The highest BCUT2D eigenvalue weighted by Crippen LogP contribution is 2.32. The van der Waals surface area contributed by atoms with Crippen molar-refractivity contribution in [1.82, 2.24) is 4.98 Å². The zero-order chi connectivity index (χ0) is 22.7. The maximum Gasteiger partial charge on any atom is 0.341 e. The van der Waals surface area contributed by atoms with Gasteiger partial charge in [-0.15, -0.1) is 0 Å². The van der Waals surface area contributed by atoms with Crippen molar-refractivity contribution in [3.63, 3.8) is 0 Å². The molecule has 0 aliphatic carbocycles. The molecule has 0 amide bonds. The van der Waals surface area contributed by atoms with Crippen molar-refractivity contribution in [2.45, 2.75) is 47.0 Å². The van der Waals surface area contributed by atoms with Crippen molar-refractivity contribution in [1.29, 1.82) is 0 Å². The Labute approximate surface area is 183 Å². The number of pyridine rings is 1. The number of hydrogen-bond donors (Lipinski definition) is 2. The summed E-state index contributed by atoms with van der Waals surface area (Å²) in [6.45, 7) is 9.85. The number of carboxylic acids is 1. The van der Waals surface area contributed by atoms with Crippen molar-refractivity contribution in [3.05, 3.63) is 76.0 Å². The van der Waals surface area contributed by atoms with E-state index in [1.165, 1.54) is 5.56 Å². The number of aromatic hydroxyl groups is 1. The summed E-state index contributed by atoms with van der Waals surface area (Å²) >= 11 is 0. The van der Waals surface area contributed by atoms with E-state index in [0.29, 0.717) is 23.8 Å². The van der Waals surface area contributed by atoms with Crippen LogP contribution in [0, 0.1) is 20.8 Å². The monoisotopic (exact) mass is 419 g/mol. The summed E-state index contributed by atoms with van der Waals surface area (Å²) in [5.74, 6) is 0.138. The van der Waals surface area contributed by atoms with Crippen LogP contribution in [0.5, 0.6) is 11.5 Å². The van der Waals surface area contributed by atoms with E-state index in [0.717, 1.165) is 33.5 Å². The van der Waals surface area contributed by atoms with Gasteiger partial charge in [0.2, 0.25) is 0 Å². The number of benzene rings is 2. The predicted octanol–water partition coefficient (Wildman–Crippen LogP) is 5.56. The molecule has 0 atom stereocenters. The van der Waals surface area contributed by atoms with E-state index in [1.54, 1.807) is 6.07 Å². The number of aryl methyl sites for hydroxylation is 1. The molecular formula is C26H29NO4. The van der Waals surface area contributed by atoms with E-state index in [9.17, 15) is 9.90 Å². The Kier molecular flexibility index (Phi) is 6.64.